The highest BCUT2D eigenvalue weighted by molar-refractivity contribution is 5.94. The Balaban J connectivity index is 4.03. The molecule has 0 aliphatic carbocycles. The zero-order valence-corrected chi connectivity index (χ0v) is 8.68. The smallest absolute Gasteiger partial charge is 0.160 e. The predicted molar refractivity (Wildman–Crippen MR) is 53.1 cm³/mol. The molecule has 0 aromatic rings. The topological polar surface area (TPSA) is 17.1 Å². The Morgan fingerprint density at radius 1 is 1.33 bits per heavy atom. The summed E-state index contributed by atoms with van der Waals surface area (Å²) in [5, 5.41) is 0. The molecule has 0 fully saturated rings. The van der Waals surface area contributed by atoms with Gasteiger partial charge >= 0.3 is 0 Å². The summed E-state index contributed by atoms with van der Waals surface area (Å²) in [4.78, 5) is 11.5. The fourth-order valence-electron chi connectivity index (χ4n) is 0.757. The van der Waals surface area contributed by atoms with Crippen molar-refractivity contribution in [3.05, 3.63) is 12.2 Å². The molecule has 0 aliphatic rings. The van der Waals surface area contributed by atoms with Crippen LogP contribution in [0.15, 0.2) is 12.2 Å². The van der Waals surface area contributed by atoms with E-state index >= 15 is 0 Å². The number of hydrogen-bond acceptors (Lipinski definition) is 1. The van der Waals surface area contributed by atoms with Gasteiger partial charge in [0.1, 0.15) is 0 Å². The second-order valence-electron chi connectivity index (χ2n) is 3.79. The summed E-state index contributed by atoms with van der Waals surface area (Å²) in [6, 6.07) is 0. The molecule has 0 atom stereocenters. The van der Waals surface area contributed by atoms with Gasteiger partial charge in [-0.1, -0.05) is 40.2 Å². The largest absolute Gasteiger partial charge is 0.294 e. The first-order chi connectivity index (χ1) is 5.54. The quantitative estimate of drug-likeness (QED) is 0.575. The monoisotopic (exact) mass is 168 g/mol. The van der Waals surface area contributed by atoms with Crippen molar-refractivity contribution in [2.24, 2.45) is 5.41 Å². The second kappa shape index (κ2) is 5.13. The van der Waals surface area contributed by atoms with Gasteiger partial charge in [0.15, 0.2) is 5.78 Å². The molecule has 0 radical (unpaired) electrons. The van der Waals surface area contributed by atoms with Gasteiger partial charge in [0.25, 0.3) is 0 Å². The van der Waals surface area contributed by atoms with Crippen molar-refractivity contribution >= 4 is 5.78 Å². The molecule has 0 aliphatic heterocycles. The number of ketones is 1. The van der Waals surface area contributed by atoms with Gasteiger partial charge in [-0.25, -0.2) is 0 Å². The van der Waals surface area contributed by atoms with E-state index in [0.717, 1.165) is 19.3 Å². The third-order valence-corrected chi connectivity index (χ3v) is 2.28. The molecule has 0 unspecified atom stereocenters. The van der Waals surface area contributed by atoms with Crippen molar-refractivity contribution in [3.63, 3.8) is 0 Å². The first-order valence-electron chi connectivity index (χ1n) is 4.75. The average Bonchev–Trinajstić information content (AvgIpc) is 2.05. The van der Waals surface area contributed by atoms with Crippen molar-refractivity contribution in [1.29, 1.82) is 0 Å². The Labute approximate surface area is 75.9 Å². The summed E-state index contributed by atoms with van der Waals surface area (Å²) in [5.41, 5.74) is -0.176. The molecule has 1 heteroatoms. The molecule has 0 amide bonds. The summed E-state index contributed by atoms with van der Waals surface area (Å²) >= 11 is 0. The van der Waals surface area contributed by atoms with E-state index in [2.05, 4.69) is 6.92 Å². The number of carbonyl (C=O) groups is 1. The lowest BCUT2D eigenvalue weighted by Crippen LogP contribution is -2.20. The van der Waals surface area contributed by atoms with Crippen LogP contribution in [0.1, 0.15) is 47.0 Å². The third-order valence-electron chi connectivity index (χ3n) is 2.28. The number of carbonyl (C=O) groups excluding carboxylic acids is 1. The van der Waals surface area contributed by atoms with Crippen LogP contribution in [-0.4, -0.2) is 5.78 Å². The van der Waals surface area contributed by atoms with Gasteiger partial charge in [-0.2, -0.15) is 0 Å². The molecule has 0 spiro atoms. The standard InChI is InChI=1S/C11H20O/c1-5-7-8-9-10(12)11(3,4)6-2/h8-9H,5-7H2,1-4H3/b9-8+. The lowest BCUT2D eigenvalue weighted by molar-refractivity contribution is -0.122. The molecule has 0 saturated carbocycles. The van der Waals surface area contributed by atoms with Crippen molar-refractivity contribution in [2.45, 2.75) is 47.0 Å². The van der Waals surface area contributed by atoms with Gasteiger partial charge < -0.3 is 0 Å². The Bertz CT molecular complexity index is 166. The van der Waals surface area contributed by atoms with E-state index < -0.39 is 0 Å². The van der Waals surface area contributed by atoms with Crippen LogP contribution in [0.5, 0.6) is 0 Å². The van der Waals surface area contributed by atoms with E-state index in [1.807, 2.05) is 26.8 Å². The van der Waals surface area contributed by atoms with Gasteiger partial charge in [0, 0.05) is 5.41 Å². The van der Waals surface area contributed by atoms with Crippen LogP contribution in [0.4, 0.5) is 0 Å². The highest BCUT2D eigenvalue weighted by Gasteiger charge is 2.22. The maximum Gasteiger partial charge on any atom is 0.160 e. The third kappa shape index (κ3) is 3.70. The normalized spacial score (nSPS) is 12.3. The number of hydrogen-bond donors (Lipinski definition) is 0. The fraction of sp³-hybridized carbons (Fsp3) is 0.727. The van der Waals surface area contributed by atoms with Crippen LogP contribution >= 0.6 is 0 Å². The fourth-order valence-corrected chi connectivity index (χ4v) is 0.757. The lowest BCUT2D eigenvalue weighted by Gasteiger charge is -2.17. The molecule has 12 heavy (non-hydrogen) atoms. The number of unbranched alkanes of at least 4 members (excludes halogenated alkanes) is 1. The Morgan fingerprint density at radius 3 is 2.33 bits per heavy atom. The van der Waals surface area contributed by atoms with Gasteiger partial charge in [-0.15, -0.1) is 0 Å². The molecule has 0 N–H and O–H groups in total. The molecule has 0 saturated heterocycles. The van der Waals surface area contributed by atoms with Crippen molar-refractivity contribution in [1.82, 2.24) is 0 Å². The maximum atomic E-state index is 11.5. The molecule has 1 nitrogen and oxygen atoms in total. The second-order valence-corrected chi connectivity index (χ2v) is 3.79. The number of allylic oxidation sites excluding steroid dienone is 2. The molecule has 0 heterocycles. The Morgan fingerprint density at radius 2 is 1.92 bits per heavy atom. The van der Waals surface area contributed by atoms with Gasteiger partial charge in [-0.3, -0.25) is 4.79 Å². The van der Waals surface area contributed by atoms with E-state index in [1.165, 1.54) is 0 Å². The van der Waals surface area contributed by atoms with Crippen LogP contribution in [0, 0.1) is 5.41 Å². The SMILES string of the molecule is CCC/C=C/C(=O)C(C)(C)CC. The summed E-state index contributed by atoms with van der Waals surface area (Å²) in [7, 11) is 0. The van der Waals surface area contributed by atoms with Crippen LogP contribution in [0.25, 0.3) is 0 Å². The van der Waals surface area contributed by atoms with E-state index in [1.54, 1.807) is 6.08 Å². The molecular weight excluding hydrogens is 148 g/mol. The minimum Gasteiger partial charge on any atom is -0.294 e. The van der Waals surface area contributed by atoms with E-state index in [9.17, 15) is 4.79 Å². The highest BCUT2D eigenvalue weighted by Crippen LogP contribution is 2.21. The average molecular weight is 168 g/mol. The first kappa shape index (κ1) is 11.4. The van der Waals surface area contributed by atoms with Crippen LogP contribution < -0.4 is 0 Å². The first-order valence-corrected chi connectivity index (χ1v) is 4.75. The summed E-state index contributed by atoms with van der Waals surface area (Å²) < 4.78 is 0. The lowest BCUT2D eigenvalue weighted by atomic mass is 9.85. The van der Waals surface area contributed by atoms with Crippen molar-refractivity contribution in [3.8, 4) is 0 Å². The van der Waals surface area contributed by atoms with E-state index in [-0.39, 0.29) is 11.2 Å². The van der Waals surface area contributed by atoms with Crippen LogP contribution in [0.2, 0.25) is 0 Å². The van der Waals surface area contributed by atoms with E-state index in [4.69, 9.17) is 0 Å². The predicted octanol–water partition coefficient (Wildman–Crippen LogP) is 3.35. The van der Waals surface area contributed by atoms with Crippen LogP contribution in [-0.2, 0) is 4.79 Å². The van der Waals surface area contributed by atoms with Gasteiger partial charge in [0.05, 0.1) is 0 Å². The molecule has 0 aromatic heterocycles. The minimum atomic E-state index is -0.176. The van der Waals surface area contributed by atoms with Gasteiger partial charge in [-0.05, 0) is 18.9 Å². The van der Waals surface area contributed by atoms with Crippen LogP contribution in [0.3, 0.4) is 0 Å². The summed E-state index contributed by atoms with van der Waals surface area (Å²) in [6.45, 7) is 8.14. The van der Waals surface area contributed by atoms with Crippen molar-refractivity contribution in [2.75, 3.05) is 0 Å². The zero-order chi connectivity index (χ0) is 9.61. The van der Waals surface area contributed by atoms with E-state index in [0.29, 0.717) is 0 Å². The molecule has 0 rings (SSSR count). The van der Waals surface area contributed by atoms with Crippen molar-refractivity contribution < 1.29 is 4.79 Å². The Kier molecular flexibility index (Phi) is 4.87. The summed E-state index contributed by atoms with van der Waals surface area (Å²) in [5.74, 6) is 0.249. The molecule has 0 aromatic carbocycles. The highest BCUT2D eigenvalue weighted by atomic mass is 16.1. The van der Waals surface area contributed by atoms with Gasteiger partial charge in [0.2, 0.25) is 0 Å². The number of rotatable bonds is 5. The summed E-state index contributed by atoms with van der Waals surface area (Å²) in [6.07, 6.45) is 6.72. The molecule has 70 valence electrons. The molecule has 0 bridgehead atoms. The Hall–Kier alpha value is -0.590. The maximum absolute atomic E-state index is 11.5. The molecular formula is C11H20O. The minimum absolute atomic E-state index is 0.176. The zero-order valence-electron chi connectivity index (χ0n) is 8.68.